The van der Waals surface area contributed by atoms with Crippen molar-refractivity contribution in [3.63, 3.8) is 0 Å². The number of aliphatic carboxylic acids is 1. The quantitative estimate of drug-likeness (QED) is 0.538. The van der Waals surface area contributed by atoms with Crippen LogP contribution in [0, 0.1) is 11.8 Å². The first-order valence-corrected chi connectivity index (χ1v) is 4.21. The number of nitrogens with one attached hydrogen (secondary N) is 1. The van der Waals surface area contributed by atoms with Crippen LogP contribution in [0.3, 0.4) is 0 Å². The van der Waals surface area contributed by atoms with E-state index >= 15 is 0 Å². The van der Waals surface area contributed by atoms with Gasteiger partial charge < -0.3 is 15.5 Å². The van der Waals surface area contributed by atoms with E-state index in [0.717, 1.165) is 0 Å². The van der Waals surface area contributed by atoms with E-state index in [9.17, 15) is 9.59 Å². The molecule has 0 unspecified atom stereocenters. The van der Waals surface area contributed by atoms with E-state index < -0.39 is 23.9 Å². The Hall–Kier alpha value is -1.10. The summed E-state index contributed by atoms with van der Waals surface area (Å²) in [7, 11) is 0. The van der Waals surface area contributed by atoms with Crippen molar-refractivity contribution in [2.24, 2.45) is 11.8 Å². The summed E-state index contributed by atoms with van der Waals surface area (Å²) in [4.78, 5) is 21.5. The smallest absolute Gasteiger partial charge is 0.307 e. The summed E-state index contributed by atoms with van der Waals surface area (Å²) in [5.41, 5.74) is 0. The molecule has 0 bridgehead atoms. The maximum absolute atomic E-state index is 11.1. The molecule has 0 aromatic heterocycles. The number of aliphatic hydroxyl groups excluding tert-OH is 1. The Kier molecular flexibility index (Phi) is 2.87. The molecule has 1 rings (SSSR count). The van der Waals surface area contributed by atoms with Gasteiger partial charge in [0, 0.05) is 6.54 Å². The van der Waals surface area contributed by atoms with Gasteiger partial charge in [-0.3, -0.25) is 9.59 Å². The van der Waals surface area contributed by atoms with E-state index in [1.807, 2.05) is 0 Å². The van der Waals surface area contributed by atoms with Crippen molar-refractivity contribution in [2.45, 2.75) is 19.4 Å². The number of rotatable bonds is 4. The number of hydrogen-bond acceptors (Lipinski definition) is 3. The second kappa shape index (κ2) is 3.74. The Morgan fingerprint density at radius 3 is 2.54 bits per heavy atom. The van der Waals surface area contributed by atoms with E-state index in [1.54, 1.807) is 6.92 Å². The zero-order chi connectivity index (χ0) is 10.0. The summed E-state index contributed by atoms with van der Waals surface area (Å²) in [6, 6.07) is 0. The van der Waals surface area contributed by atoms with Gasteiger partial charge in [-0.15, -0.1) is 0 Å². The lowest BCUT2D eigenvalue weighted by molar-refractivity contribution is -0.140. The van der Waals surface area contributed by atoms with Crippen LogP contribution in [0.5, 0.6) is 0 Å². The summed E-state index contributed by atoms with van der Waals surface area (Å²) in [6.07, 6.45) is -0.174. The molecule has 0 heterocycles. The first-order valence-electron chi connectivity index (χ1n) is 4.21. The summed E-state index contributed by atoms with van der Waals surface area (Å²) in [5, 5.41) is 19.8. The molecule has 0 aromatic rings. The molecule has 74 valence electrons. The third-order valence-corrected chi connectivity index (χ3v) is 2.02. The van der Waals surface area contributed by atoms with Crippen LogP contribution in [-0.4, -0.2) is 34.7 Å². The van der Waals surface area contributed by atoms with Crippen LogP contribution in [-0.2, 0) is 9.59 Å². The fourth-order valence-electron chi connectivity index (χ4n) is 1.14. The zero-order valence-electron chi connectivity index (χ0n) is 7.36. The van der Waals surface area contributed by atoms with Gasteiger partial charge in [0.05, 0.1) is 17.9 Å². The van der Waals surface area contributed by atoms with Gasteiger partial charge in [0.25, 0.3) is 0 Å². The van der Waals surface area contributed by atoms with Crippen molar-refractivity contribution in [1.82, 2.24) is 5.32 Å². The Labute approximate surface area is 75.7 Å². The molecular weight excluding hydrogens is 174 g/mol. The van der Waals surface area contributed by atoms with Crippen LogP contribution >= 0.6 is 0 Å². The van der Waals surface area contributed by atoms with E-state index in [4.69, 9.17) is 10.2 Å². The molecule has 1 aliphatic rings. The lowest BCUT2D eigenvalue weighted by Crippen LogP contribution is -2.32. The number of carbonyl (C=O) groups excluding carboxylic acids is 1. The minimum Gasteiger partial charge on any atom is -0.481 e. The highest BCUT2D eigenvalue weighted by Crippen LogP contribution is 2.38. The molecule has 0 aromatic carbocycles. The number of hydrogen-bond donors (Lipinski definition) is 3. The first-order chi connectivity index (χ1) is 6.02. The van der Waals surface area contributed by atoms with Gasteiger partial charge >= 0.3 is 5.97 Å². The average molecular weight is 187 g/mol. The van der Waals surface area contributed by atoms with Gasteiger partial charge in [-0.1, -0.05) is 0 Å². The lowest BCUT2D eigenvalue weighted by Gasteiger charge is -2.05. The van der Waals surface area contributed by atoms with Crippen molar-refractivity contribution in [2.75, 3.05) is 6.54 Å². The molecule has 13 heavy (non-hydrogen) atoms. The van der Waals surface area contributed by atoms with E-state index in [2.05, 4.69) is 5.32 Å². The maximum atomic E-state index is 11.1. The van der Waals surface area contributed by atoms with Crippen LogP contribution < -0.4 is 5.32 Å². The fourth-order valence-corrected chi connectivity index (χ4v) is 1.14. The number of aliphatic hydroxyl groups is 1. The first kappa shape index (κ1) is 9.98. The molecule has 3 N–H and O–H groups in total. The Morgan fingerprint density at radius 1 is 1.54 bits per heavy atom. The highest BCUT2D eigenvalue weighted by molar-refractivity contribution is 5.89. The van der Waals surface area contributed by atoms with Crippen molar-refractivity contribution >= 4 is 11.9 Å². The highest BCUT2D eigenvalue weighted by atomic mass is 16.4. The van der Waals surface area contributed by atoms with Gasteiger partial charge in [0.15, 0.2) is 0 Å². The lowest BCUT2D eigenvalue weighted by atomic mass is 10.3. The average Bonchev–Trinajstić information content (AvgIpc) is 2.78. The Bertz CT molecular complexity index is 226. The van der Waals surface area contributed by atoms with Gasteiger partial charge in [0.1, 0.15) is 0 Å². The summed E-state index contributed by atoms with van der Waals surface area (Å²) in [6.45, 7) is 1.74. The molecule has 0 saturated heterocycles. The summed E-state index contributed by atoms with van der Waals surface area (Å²) in [5.74, 6) is -2.10. The van der Waals surface area contributed by atoms with Gasteiger partial charge in [-0.05, 0) is 13.3 Å². The van der Waals surface area contributed by atoms with Crippen LogP contribution in [0.15, 0.2) is 0 Å². The van der Waals surface area contributed by atoms with E-state index in [-0.39, 0.29) is 12.5 Å². The minimum atomic E-state index is -0.919. The molecular formula is C8H13NO4. The topological polar surface area (TPSA) is 86.6 Å². The second-order valence-electron chi connectivity index (χ2n) is 3.38. The van der Waals surface area contributed by atoms with E-state index in [0.29, 0.717) is 6.42 Å². The number of carboxylic acid groups (broad SMARTS) is 1. The van der Waals surface area contributed by atoms with Gasteiger partial charge in [-0.2, -0.15) is 0 Å². The monoisotopic (exact) mass is 187 g/mol. The molecule has 3 atom stereocenters. The van der Waals surface area contributed by atoms with Crippen LogP contribution in [0.25, 0.3) is 0 Å². The number of carboxylic acids is 1. The highest BCUT2D eigenvalue weighted by Gasteiger charge is 2.48. The Morgan fingerprint density at radius 2 is 2.15 bits per heavy atom. The SMILES string of the molecule is C[C@@H](O)CNC(=O)[C@@H]1C[C@@H]1C(=O)O. The molecule has 0 spiro atoms. The zero-order valence-corrected chi connectivity index (χ0v) is 7.36. The largest absolute Gasteiger partial charge is 0.481 e. The molecule has 1 saturated carbocycles. The summed E-state index contributed by atoms with van der Waals surface area (Å²) < 4.78 is 0. The second-order valence-corrected chi connectivity index (χ2v) is 3.38. The third-order valence-electron chi connectivity index (χ3n) is 2.02. The van der Waals surface area contributed by atoms with Crippen molar-refractivity contribution in [3.8, 4) is 0 Å². The predicted molar refractivity (Wildman–Crippen MR) is 43.9 cm³/mol. The van der Waals surface area contributed by atoms with E-state index in [1.165, 1.54) is 0 Å². The molecule has 0 radical (unpaired) electrons. The normalized spacial score (nSPS) is 27.8. The number of carbonyl (C=O) groups is 2. The molecule has 5 heteroatoms. The van der Waals surface area contributed by atoms with Crippen LogP contribution in [0.2, 0.25) is 0 Å². The van der Waals surface area contributed by atoms with Gasteiger partial charge in [-0.25, -0.2) is 0 Å². The molecule has 1 aliphatic carbocycles. The molecule has 1 fully saturated rings. The molecule has 0 aliphatic heterocycles. The fraction of sp³-hybridized carbons (Fsp3) is 0.750. The Balaban J connectivity index is 2.24. The van der Waals surface area contributed by atoms with Crippen LogP contribution in [0.4, 0.5) is 0 Å². The summed E-state index contributed by atoms with van der Waals surface area (Å²) >= 11 is 0. The number of amides is 1. The molecule has 1 amide bonds. The van der Waals surface area contributed by atoms with Crippen molar-refractivity contribution < 1.29 is 19.8 Å². The third kappa shape index (κ3) is 2.69. The van der Waals surface area contributed by atoms with Crippen LogP contribution in [0.1, 0.15) is 13.3 Å². The van der Waals surface area contributed by atoms with Crippen molar-refractivity contribution in [1.29, 1.82) is 0 Å². The maximum Gasteiger partial charge on any atom is 0.307 e. The van der Waals surface area contributed by atoms with Gasteiger partial charge in [0.2, 0.25) is 5.91 Å². The standard InChI is InChI=1S/C8H13NO4/c1-4(10)3-9-7(11)5-2-6(5)8(12)13/h4-6,10H,2-3H2,1H3,(H,9,11)(H,12,13)/t4-,5-,6+/m1/s1. The van der Waals surface area contributed by atoms with Crippen molar-refractivity contribution in [3.05, 3.63) is 0 Å². The minimum absolute atomic E-state index is 0.182. The predicted octanol–water partition coefficient (Wildman–Crippen LogP) is -0.796. The molecule has 5 nitrogen and oxygen atoms in total.